The topological polar surface area (TPSA) is 65.7 Å². The first-order chi connectivity index (χ1) is 10.1. The molecule has 1 aliphatic carbocycles. The van der Waals surface area contributed by atoms with Crippen molar-refractivity contribution in [3.8, 4) is 0 Å². The predicted octanol–water partition coefficient (Wildman–Crippen LogP) is 1.70. The van der Waals surface area contributed by atoms with Gasteiger partial charge in [-0.1, -0.05) is 13.8 Å². The molecule has 0 radical (unpaired) electrons. The van der Waals surface area contributed by atoms with Crippen molar-refractivity contribution >= 4 is 11.6 Å². The highest BCUT2D eigenvalue weighted by atomic mass is 16.6. The van der Waals surface area contributed by atoms with Gasteiger partial charge >= 0.3 is 5.97 Å². The molecule has 1 aliphatic heterocycles. The van der Waals surface area contributed by atoms with E-state index in [1.807, 2.05) is 0 Å². The summed E-state index contributed by atoms with van der Waals surface area (Å²) in [6.07, 6.45) is 4.38. The molecule has 0 bridgehead atoms. The first-order valence-corrected chi connectivity index (χ1v) is 7.19. The summed E-state index contributed by atoms with van der Waals surface area (Å²) in [6, 6.07) is 3.48. The van der Waals surface area contributed by atoms with E-state index in [1.165, 1.54) is 0 Å². The second kappa shape index (κ2) is 4.27. The molecule has 110 valence electrons. The van der Waals surface area contributed by atoms with E-state index in [1.54, 1.807) is 29.1 Å². The van der Waals surface area contributed by atoms with Gasteiger partial charge in [-0.2, -0.15) is 0 Å². The normalized spacial score (nSPS) is 29.9. The number of aromatic nitrogens is 3. The Morgan fingerprint density at radius 1 is 1.48 bits per heavy atom. The Morgan fingerprint density at radius 2 is 2.33 bits per heavy atom. The van der Waals surface area contributed by atoms with Gasteiger partial charge in [0.2, 0.25) is 0 Å². The first-order valence-electron chi connectivity index (χ1n) is 7.19. The maximum absolute atomic E-state index is 12.4. The molecule has 3 heterocycles. The molecule has 1 saturated heterocycles. The molecule has 4 rings (SSSR count). The van der Waals surface area contributed by atoms with Crippen LogP contribution < -0.4 is 0 Å². The molecule has 2 fully saturated rings. The predicted molar refractivity (Wildman–Crippen MR) is 73.8 cm³/mol. The summed E-state index contributed by atoms with van der Waals surface area (Å²) in [7, 11) is 0. The lowest BCUT2D eigenvalue weighted by Crippen LogP contribution is -2.61. The van der Waals surface area contributed by atoms with Crippen molar-refractivity contribution in [2.24, 2.45) is 11.3 Å². The highest BCUT2D eigenvalue weighted by Crippen LogP contribution is 2.53. The standard InChI is InChI=1S/C15H17N3O3/c1-15(2)12-10(5-6-20-12)13(15)21-14(19)9-3-4-11-17-16-8-18(11)7-9/h3-4,7-8,10,12-13H,5-6H2,1-2H3/t10-,12+,13+/m0/s1. The summed E-state index contributed by atoms with van der Waals surface area (Å²) in [5.41, 5.74) is 1.11. The van der Waals surface area contributed by atoms with Crippen LogP contribution >= 0.6 is 0 Å². The number of hydrogen-bond acceptors (Lipinski definition) is 5. The van der Waals surface area contributed by atoms with E-state index in [0.29, 0.717) is 17.1 Å². The molecule has 21 heavy (non-hydrogen) atoms. The summed E-state index contributed by atoms with van der Waals surface area (Å²) >= 11 is 0. The minimum absolute atomic E-state index is 0.0749. The fraction of sp³-hybridized carbons (Fsp3) is 0.533. The number of fused-ring (bicyclic) bond motifs is 2. The minimum Gasteiger partial charge on any atom is -0.458 e. The Kier molecular flexibility index (Phi) is 2.60. The van der Waals surface area contributed by atoms with Crippen LogP contribution in [0.5, 0.6) is 0 Å². The Labute approximate surface area is 122 Å². The third-order valence-electron chi connectivity index (χ3n) is 4.75. The summed E-state index contributed by atoms with van der Waals surface area (Å²) in [5, 5.41) is 7.72. The minimum atomic E-state index is -0.297. The number of hydrogen-bond donors (Lipinski definition) is 0. The number of esters is 1. The van der Waals surface area contributed by atoms with Crippen molar-refractivity contribution in [1.29, 1.82) is 0 Å². The van der Waals surface area contributed by atoms with Crippen LogP contribution in [0.3, 0.4) is 0 Å². The van der Waals surface area contributed by atoms with E-state index in [2.05, 4.69) is 24.0 Å². The van der Waals surface area contributed by atoms with Crippen LogP contribution in [0.15, 0.2) is 24.7 Å². The molecule has 0 aromatic carbocycles. The van der Waals surface area contributed by atoms with Gasteiger partial charge in [-0.25, -0.2) is 4.79 Å². The van der Waals surface area contributed by atoms with Crippen LogP contribution in [0.2, 0.25) is 0 Å². The molecular weight excluding hydrogens is 270 g/mol. The molecule has 0 unspecified atom stereocenters. The third-order valence-corrected chi connectivity index (χ3v) is 4.75. The molecule has 0 N–H and O–H groups in total. The van der Waals surface area contributed by atoms with Gasteiger partial charge in [0.15, 0.2) is 5.65 Å². The zero-order valence-electron chi connectivity index (χ0n) is 12.0. The molecule has 2 aliphatic rings. The van der Waals surface area contributed by atoms with Gasteiger partial charge in [0.1, 0.15) is 12.4 Å². The molecule has 6 nitrogen and oxygen atoms in total. The van der Waals surface area contributed by atoms with E-state index < -0.39 is 0 Å². The van der Waals surface area contributed by atoms with Crippen LogP contribution in [-0.4, -0.2) is 39.4 Å². The average Bonchev–Trinajstić information content (AvgIpc) is 3.11. The first kappa shape index (κ1) is 12.8. The van der Waals surface area contributed by atoms with Gasteiger partial charge in [0, 0.05) is 24.1 Å². The van der Waals surface area contributed by atoms with Crippen molar-refractivity contribution in [3.05, 3.63) is 30.2 Å². The highest BCUT2D eigenvalue weighted by molar-refractivity contribution is 5.89. The average molecular weight is 287 g/mol. The quantitative estimate of drug-likeness (QED) is 0.787. The lowest BCUT2D eigenvalue weighted by atomic mass is 9.59. The van der Waals surface area contributed by atoms with Gasteiger partial charge in [0.05, 0.1) is 11.7 Å². The molecule has 2 aromatic heterocycles. The Bertz CT molecular complexity index is 709. The summed E-state index contributed by atoms with van der Waals surface area (Å²) in [5.74, 6) is 0.0385. The van der Waals surface area contributed by atoms with E-state index >= 15 is 0 Å². The second-order valence-corrected chi connectivity index (χ2v) is 6.41. The number of nitrogens with zero attached hydrogens (tertiary/aromatic N) is 3. The smallest absolute Gasteiger partial charge is 0.339 e. The maximum atomic E-state index is 12.4. The van der Waals surface area contributed by atoms with E-state index in [-0.39, 0.29) is 23.6 Å². The Hall–Kier alpha value is -1.95. The van der Waals surface area contributed by atoms with Gasteiger partial charge in [-0.15, -0.1) is 10.2 Å². The molecule has 1 saturated carbocycles. The van der Waals surface area contributed by atoms with Crippen molar-refractivity contribution < 1.29 is 14.3 Å². The van der Waals surface area contributed by atoms with Crippen LogP contribution in [-0.2, 0) is 9.47 Å². The molecule has 0 amide bonds. The summed E-state index contributed by atoms with van der Waals surface area (Å²) in [6.45, 7) is 4.96. The zero-order chi connectivity index (χ0) is 14.6. The van der Waals surface area contributed by atoms with Crippen molar-refractivity contribution in [3.63, 3.8) is 0 Å². The Balaban J connectivity index is 1.55. The van der Waals surface area contributed by atoms with Crippen molar-refractivity contribution in [1.82, 2.24) is 14.6 Å². The van der Waals surface area contributed by atoms with E-state index in [4.69, 9.17) is 9.47 Å². The van der Waals surface area contributed by atoms with Gasteiger partial charge in [0.25, 0.3) is 0 Å². The monoisotopic (exact) mass is 287 g/mol. The molecular formula is C15H17N3O3. The van der Waals surface area contributed by atoms with Gasteiger partial charge in [-0.3, -0.25) is 4.40 Å². The van der Waals surface area contributed by atoms with Crippen molar-refractivity contribution in [2.45, 2.75) is 32.5 Å². The largest absolute Gasteiger partial charge is 0.458 e. The molecule has 2 aromatic rings. The molecule has 0 spiro atoms. The van der Waals surface area contributed by atoms with Gasteiger partial charge < -0.3 is 9.47 Å². The fourth-order valence-electron chi connectivity index (χ4n) is 3.65. The van der Waals surface area contributed by atoms with Crippen LogP contribution in [0.25, 0.3) is 5.65 Å². The van der Waals surface area contributed by atoms with Crippen LogP contribution in [0, 0.1) is 11.3 Å². The lowest BCUT2D eigenvalue weighted by Gasteiger charge is -2.53. The SMILES string of the molecule is CC1(C)[C@@H]2OCC[C@@H]2[C@H]1OC(=O)c1ccc2nncn2c1. The molecule has 6 heteroatoms. The second-order valence-electron chi connectivity index (χ2n) is 6.41. The zero-order valence-corrected chi connectivity index (χ0v) is 12.0. The number of carbonyl (C=O) groups is 1. The third kappa shape index (κ3) is 1.78. The van der Waals surface area contributed by atoms with E-state index in [9.17, 15) is 4.79 Å². The number of ether oxygens (including phenoxy) is 2. The number of rotatable bonds is 2. The van der Waals surface area contributed by atoms with E-state index in [0.717, 1.165) is 13.0 Å². The fourth-order valence-corrected chi connectivity index (χ4v) is 3.65. The van der Waals surface area contributed by atoms with Crippen LogP contribution in [0.4, 0.5) is 0 Å². The summed E-state index contributed by atoms with van der Waals surface area (Å²) in [4.78, 5) is 12.4. The van der Waals surface area contributed by atoms with Gasteiger partial charge in [-0.05, 0) is 18.6 Å². The molecule has 3 atom stereocenters. The highest BCUT2D eigenvalue weighted by Gasteiger charge is 2.61. The Morgan fingerprint density at radius 3 is 3.19 bits per heavy atom. The number of carbonyl (C=O) groups excluding carboxylic acids is 1. The number of pyridine rings is 1. The summed E-state index contributed by atoms with van der Waals surface area (Å²) < 4.78 is 13.2. The van der Waals surface area contributed by atoms with Crippen molar-refractivity contribution in [2.75, 3.05) is 6.61 Å². The maximum Gasteiger partial charge on any atom is 0.339 e. The lowest BCUT2D eigenvalue weighted by molar-refractivity contribution is -0.183. The van der Waals surface area contributed by atoms with Crippen LogP contribution in [0.1, 0.15) is 30.6 Å².